The van der Waals surface area contributed by atoms with E-state index in [9.17, 15) is 17.2 Å². The summed E-state index contributed by atoms with van der Waals surface area (Å²) in [5.41, 5.74) is 2.14. The third-order valence-corrected chi connectivity index (χ3v) is 7.06. The van der Waals surface area contributed by atoms with Gasteiger partial charge in [0.15, 0.2) is 0 Å². The zero-order valence-corrected chi connectivity index (χ0v) is 17.7. The van der Waals surface area contributed by atoms with Gasteiger partial charge in [-0.15, -0.1) is 0 Å². The average molecular weight is 451 g/mol. The fourth-order valence-electron chi connectivity index (χ4n) is 3.93. The van der Waals surface area contributed by atoms with E-state index in [1.54, 1.807) is 30.5 Å². The number of sulfonamides is 1. The van der Waals surface area contributed by atoms with Gasteiger partial charge in [-0.05, 0) is 73.9 Å². The van der Waals surface area contributed by atoms with E-state index < -0.39 is 16.6 Å². The first-order valence-electron chi connectivity index (χ1n) is 10.3. The molecule has 1 N–H and O–H groups in total. The van der Waals surface area contributed by atoms with Crippen molar-refractivity contribution in [1.29, 1.82) is 0 Å². The van der Waals surface area contributed by atoms with Crippen molar-refractivity contribution in [3.8, 4) is 11.6 Å². The van der Waals surface area contributed by atoms with Gasteiger partial charge in [-0.3, -0.25) is 0 Å². The van der Waals surface area contributed by atoms with E-state index in [1.807, 2.05) is 0 Å². The number of fused-ring (bicyclic) bond motifs is 1. The minimum absolute atomic E-state index is 0.0675. The van der Waals surface area contributed by atoms with Gasteiger partial charge in [0.25, 0.3) is 0 Å². The van der Waals surface area contributed by atoms with Gasteiger partial charge in [-0.25, -0.2) is 18.1 Å². The predicted molar refractivity (Wildman–Crippen MR) is 112 cm³/mol. The molecule has 2 aliphatic carbocycles. The van der Waals surface area contributed by atoms with Crippen molar-refractivity contribution in [2.45, 2.75) is 57.8 Å². The van der Waals surface area contributed by atoms with Crippen molar-refractivity contribution in [2.75, 3.05) is 0 Å². The molecule has 1 saturated carbocycles. The Morgan fingerprint density at radius 2 is 1.97 bits per heavy atom. The molecule has 166 valence electrons. The second-order valence-corrected chi connectivity index (χ2v) is 9.49. The summed E-state index contributed by atoms with van der Waals surface area (Å²) in [7, 11) is -3.72. The first-order valence-corrected chi connectivity index (χ1v) is 11.8. The number of nitrogens with zero attached hydrogens (tertiary/aromatic N) is 1. The molecule has 0 amide bonds. The van der Waals surface area contributed by atoms with Crippen LogP contribution in [0, 0.1) is 0 Å². The van der Waals surface area contributed by atoms with Gasteiger partial charge in [0, 0.05) is 18.3 Å². The number of nitrogens with one attached hydrogen (secondary N) is 1. The van der Waals surface area contributed by atoms with E-state index in [4.69, 9.17) is 4.74 Å². The highest BCUT2D eigenvalue weighted by atomic mass is 32.2. The van der Waals surface area contributed by atoms with Crippen LogP contribution in [0.2, 0.25) is 0 Å². The maximum absolute atomic E-state index is 12.9. The standard InChI is InChI=1S/C22H24F2N2O4S/c23-22(24)30-19-9-7-16-13-20(10-8-15(16)12-19)31(27,28)26-14-17-4-3-11-25-21(17)29-18-5-1-2-6-18/h3-4,7,9,11-13,18,22,26H,1-2,5-6,8,10,14H2. The largest absolute Gasteiger partial charge is 0.474 e. The molecule has 0 unspecified atom stereocenters. The predicted octanol–water partition coefficient (Wildman–Crippen LogP) is 4.41. The number of aromatic nitrogens is 1. The number of hydrogen-bond donors (Lipinski definition) is 1. The minimum Gasteiger partial charge on any atom is -0.474 e. The summed E-state index contributed by atoms with van der Waals surface area (Å²) in [6.07, 6.45) is 8.26. The van der Waals surface area contributed by atoms with E-state index >= 15 is 0 Å². The lowest BCUT2D eigenvalue weighted by molar-refractivity contribution is -0.0498. The third kappa shape index (κ3) is 5.40. The summed E-state index contributed by atoms with van der Waals surface area (Å²) in [6, 6.07) is 8.08. The fraction of sp³-hybridized carbons (Fsp3) is 0.409. The van der Waals surface area contributed by atoms with Gasteiger partial charge in [0.05, 0.1) is 4.91 Å². The molecule has 0 aliphatic heterocycles. The van der Waals surface area contributed by atoms with E-state index in [2.05, 4.69) is 14.4 Å². The Bertz CT molecular complexity index is 1070. The molecule has 0 atom stereocenters. The maximum atomic E-state index is 12.9. The van der Waals surface area contributed by atoms with Gasteiger partial charge in [-0.1, -0.05) is 12.1 Å². The lowest BCUT2D eigenvalue weighted by atomic mass is 9.97. The lowest BCUT2D eigenvalue weighted by Crippen LogP contribution is -2.26. The molecule has 0 bridgehead atoms. The summed E-state index contributed by atoms with van der Waals surface area (Å²) < 4.78 is 63.6. The number of rotatable bonds is 8. The van der Waals surface area contributed by atoms with Crippen LogP contribution in [-0.2, 0) is 23.0 Å². The first-order chi connectivity index (χ1) is 14.9. The van der Waals surface area contributed by atoms with Crippen molar-refractivity contribution in [3.05, 3.63) is 58.1 Å². The molecule has 1 aromatic heterocycles. The third-order valence-electron chi connectivity index (χ3n) is 5.53. The summed E-state index contributed by atoms with van der Waals surface area (Å²) in [5, 5.41) is 0. The summed E-state index contributed by atoms with van der Waals surface area (Å²) in [6.45, 7) is -2.82. The highest BCUT2D eigenvalue weighted by Gasteiger charge is 2.24. The number of allylic oxidation sites excluding steroid dienone is 1. The smallest absolute Gasteiger partial charge is 0.387 e. The summed E-state index contributed by atoms with van der Waals surface area (Å²) in [5.74, 6) is 0.532. The van der Waals surface area contributed by atoms with Gasteiger partial charge < -0.3 is 9.47 Å². The zero-order valence-electron chi connectivity index (χ0n) is 16.9. The molecule has 0 spiro atoms. The van der Waals surface area contributed by atoms with E-state index in [1.165, 1.54) is 12.1 Å². The number of pyridine rings is 1. The molecule has 1 aromatic carbocycles. The fourth-order valence-corrected chi connectivity index (χ4v) is 5.11. The van der Waals surface area contributed by atoms with Crippen LogP contribution < -0.4 is 14.2 Å². The monoisotopic (exact) mass is 450 g/mol. The van der Waals surface area contributed by atoms with Crippen LogP contribution >= 0.6 is 0 Å². The number of halogens is 2. The Labute approximate surface area is 180 Å². The second-order valence-electron chi connectivity index (χ2n) is 7.67. The molecule has 6 nitrogen and oxygen atoms in total. The Hall–Kier alpha value is -2.52. The molecular weight excluding hydrogens is 426 g/mol. The Balaban J connectivity index is 1.46. The molecular formula is C22H24F2N2O4S. The molecule has 1 heterocycles. The first kappa shape index (κ1) is 21.7. The highest BCUT2D eigenvalue weighted by Crippen LogP contribution is 2.30. The van der Waals surface area contributed by atoms with Gasteiger partial charge >= 0.3 is 6.61 Å². The number of aryl methyl sites for hydroxylation is 1. The van der Waals surface area contributed by atoms with Crippen molar-refractivity contribution in [3.63, 3.8) is 0 Å². The van der Waals surface area contributed by atoms with Crippen molar-refractivity contribution < 1.29 is 26.7 Å². The lowest BCUT2D eigenvalue weighted by Gasteiger charge is -2.19. The van der Waals surface area contributed by atoms with Crippen LogP contribution in [0.25, 0.3) is 6.08 Å². The number of hydrogen-bond acceptors (Lipinski definition) is 5. The molecule has 2 aliphatic rings. The Morgan fingerprint density at radius 1 is 1.16 bits per heavy atom. The molecule has 31 heavy (non-hydrogen) atoms. The normalized spacial score (nSPS) is 16.8. The van der Waals surface area contributed by atoms with E-state index in [0.717, 1.165) is 31.2 Å². The second kappa shape index (κ2) is 9.32. The van der Waals surface area contributed by atoms with Gasteiger partial charge in [0.1, 0.15) is 11.9 Å². The summed E-state index contributed by atoms with van der Waals surface area (Å²) in [4.78, 5) is 4.53. The van der Waals surface area contributed by atoms with Crippen LogP contribution in [0.4, 0.5) is 8.78 Å². The SMILES string of the molecule is O=S(=O)(NCc1cccnc1OC1CCCC1)C1=Cc2ccc(OC(F)F)cc2CC1. The van der Waals surface area contributed by atoms with Gasteiger partial charge in [0.2, 0.25) is 15.9 Å². The van der Waals surface area contributed by atoms with Crippen LogP contribution in [-0.4, -0.2) is 26.1 Å². The van der Waals surface area contributed by atoms with Crippen molar-refractivity contribution in [2.24, 2.45) is 0 Å². The molecule has 0 saturated heterocycles. The van der Waals surface area contributed by atoms with E-state index in [0.29, 0.717) is 23.4 Å². The molecule has 4 rings (SSSR count). The topological polar surface area (TPSA) is 77.5 Å². The van der Waals surface area contributed by atoms with Crippen LogP contribution in [0.5, 0.6) is 11.6 Å². The van der Waals surface area contributed by atoms with Crippen molar-refractivity contribution in [1.82, 2.24) is 9.71 Å². The number of benzene rings is 1. The summed E-state index contributed by atoms with van der Waals surface area (Å²) >= 11 is 0. The van der Waals surface area contributed by atoms with Crippen LogP contribution in [0.3, 0.4) is 0 Å². The van der Waals surface area contributed by atoms with E-state index in [-0.39, 0.29) is 29.7 Å². The minimum atomic E-state index is -3.72. The Kier molecular flexibility index (Phi) is 6.52. The molecule has 9 heteroatoms. The van der Waals surface area contributed by atoms with Crippen LogP contribution in [0.15, 0.2) is 41.4 Å². The quantitative estimate of drug-likeness (QED) is 0.645. The molecule has 0 radical (unpaired) electrons. The Morgan fingerprint density at radius 3 is 2.74 bits per heavy atom. The highest BCUT2D eigenvalue weighted by molar-refractivity contribution is 7.93. The molecule has 2 aromatic rings. The zero-order chi connectivity index (χ0) is 21.8. The number of alkyl halides is 2. The average Bonchev–Trinajstić information content (AvgIpc) is 3.25. The molecule has 1 fully saturated rings. The maximum Gasteiger partial charge on any atom is 0.387 e. The van der Waals surface area contributed by atoms with Gasteiger partial charge in [-0.2, -0.15) is 8.78 Å². The van der Waals surface area contributed by atoms with Crippen LogP contribution in [0.1, 0.15) is 48.8 Å². The van der Waals surface area contributed by atoms with Crippen molar-refractivity contribution >= 4 is 16.1 Å². The number of ether oxygens (including phenoxy) is 2.